The molecule has 0 bridgehead atoms. The molecule has 0 aliphatic heterocycles. The van der Waals surface area contributed by atoms with E-state index in [9.17, 15) is 0 Å². The molecule has 0 unspecified atom stereocenters. The Morgan fingerprint density at radius 1 is 1.25 bits per heavy atom. The van der Waals surface area contributed by atoms with E-state index in [1.807, 2.05) is 30.3 Å². The van der Waals surface area contributed by atoms with Gasteiger partial charge in [-0.25, -0.2) is 4.98 Å². The maximum atomic E-state index is 6.35. The summed E-state index contributed by atoms with van der Waals surface area (Å²) in [6.07, 6.45) is 3.05. The smallest absolute Gasteiger partial charge is 0.222 e. The van der Waals surface area contributed by atoms with E-state index in [0.29, 0.717) is 28.7 Å². The highest BCUT2D eigenvalue weighted by atomic mass is 35.5. The molecule has 2 N–H and O–H groups in total. The van der Waals surface area contributed by atoms with E-state index in [-0.39, 0.29) is 5.41 Å². The van der Waals surface area contributed by atoms with Crippen LogP contribution in [0.5, 0.6) is 5.75 Å². The van der Waals surface area contributed by atoms with E-state index < -0.39 is 0 Å². The molecule has 8 heteroatoms. The van der Waals surface area contributed by atoms with Gasteiger partial charge in [0.2, 0.25) is 5.82 Å². The molecule has 1 aliphatic rings. The number of halogens is 1. The van der Waals surface area contributed by atoms with E-state index in [0.717, 1.165) is 16.6 Å². The van der Waals surface area contributed by atoms with E-state index in [1.165, 1.54) is 24.1 Å². The molecule has 3 aromatic heterocycles. The number of tetrazole rings is 1. The Balaban J connectivity index is 1.63. The van der Waals surface area contributed by atoms with Gasteiger partial charge in [0.1, 0.15) is 11.4 Å². The number of fused-ring (bicyclic) bond motifs is 1. The molecule has 5 rings (SSSR count). The molecule has 0 atom stereocenters. The third-order valence-electron chi connectivity index (χ3n) is 5.52. The lowest BCUT2D eigenvalue weighted by Crippen LogP contribution is -2.05. The standard InChI is InChI=1S/C20H19ClN6O/c1-20(6-7-20)18-13(12-9-17(28-2)14(21)10-16(12)23-18)8-11-4-3-5-15(22-11)19-24-26-27-25-19/h3-5,9-10,23H,6-8H2,1-2H3,(H,24,25,26,27). The largest absolute Gasteiger partial charge is 0.495 e. The van der Waals surface area contributed by atoms with Gasteiger partial charge in [0, 0.05) is 34.1 Å². The van der Waals surface area contributed by atoms with Crippen molar-refractivity contribution in [2.75, 3.05) is 7.11 Å². The second kappa shape index (κ2) is 6.31. The summed E-state index contributed by atoms with van der Waals surface area (Å²) in [5.74, 6) is 1.17. The minimum Gasteiger partial charge on any atom is -0.495 e. The summed E-state index contributed by atoms with van der Waals surface area (Å²) in [4.78, 5) is 8.36. The summed E-state index contributed by atoms with van der Waals surface area (Å²) in [7, 11) is 1.64. The van der Waals surface area contributed by atoms with Crippen molar-refractivity contribution in [3.8, 4) is 17.3 Å². The Kier molecular flexibility index (Phi) is 3.87. The molecule has 3 heterocycles. The van der Waals surface area contributed by atoms with E-state index >= 15 is 0 Å². The highest BCUT2D eigenvalue weighted by Gasteiger charge is 2.42. The van der Waals surface area contributed by atoms with Crippen LogP contribution in [-0.2, 0) is 11.8 Å². The summed E-state index contributed by atoms with van der Waals surface area (Å²) in [6.45, 7) is 2.29. The van der Waals surface area contributed by atoms with Crippen LogP contribution >= 0.6 is 11.6 Å². The minimum absolute atomic E-state index is 0.180. The van der Waals surface area contributed by atoms with Crippen molar-refractivity contribution in [3.05, 3.63) is 52.3 Å². The normalized spacial score (nSPS) is 15.1. The number of benzene rings is 1. The van der Waals surface area contributed by atoms with Gasteiger partial charge in [-0.15, -0.1) is 10.2 Å². The highest BCUT2D eigenvalue weighted by molar-refractivity contribution is 6.32. The predicted octanol–water partition coefficient (Wildman–Crippen LogP) is 4.05. The van der Waals surface area contributed by atoms with Gasteiger partial charge < -0.3 is 9.72 Å². The van der Waals surface area contributed by atoms with Crippen LogP contribution in [0.15, 0.2) is 30.3 Å². The van der Waals surface area contributed by atoms with Crippen molar-refractivity contribution in [1.82, 2.24) is 30.6 Å². The zero-order valence-electron chi connectivity index (χ0n) is 15.6. The van der Waals surface area contributed by atoms with Crippen molar-refractivity contribution in [1.29, 1.82) is 0 Å². The molecule has 1 saturated carbocycles. The summed E-state index contributed by atoms with van der Waals surface area (Å²) >= 11 is 6.35. The first-order valence-electron chi connectivity index (χ1n) is 9.16. The average molecular weight is 395 g/mol. The first-order valence-corrected chi connectivity index (χ1v) is 9.53. The molecule has 28 heavy (non-hydrogen) atoms. The first kappa shape index (κ1) is 17.2. The molecule has 7 nitrogen and oxygen atoms in total. The van der Waals surface area contributed by atoms with Crippen LogP contribution in [-0.4, -0.2) is 37.7 Å². The monoisotopic (exact) mass is 394 g/mol. The lowest BCUT2D eigenvalue weighted by Gasteiger charge is -2.11. The van der Waals surface area contributed by atoms with Crippen LogP contribution in [0.25, 0.3) is 22.4 Å². The molecule has 1 aliphatic carbocycles. The molecule has 0 saturated heterocycles. The average Bonchev–Trinajstić information content (AvgIpc) is 3.10. The Bertz CT molecular complexity index is 1160. The number of H-pyrrole nitrogens is 2. The molecule has 142 valence electrons. The summed E-state index contributed by atoms with van der Waals surface area (Å²) in [5, 5.41) is 15.9. The molecule has 4 aromatic rings. The number of ether oxygens (including phenoxy) is 1. The van der Waals surface area contributed by atoms with Crippen LogP contribution < -0.4 is 4.74 Å². The number of hydrogen-bond acceptors (Lipinski definition) is 5. The van der Waals surface area contributed by atoms with Crippen LogP contribution in [0.2, 0.25) is 5.02 Å². The van der Waals surface area contributed by atoms with E-state index in [4.69, 9.17) is 21.3 Å². The van der Waals surface area contributed by atoms with Crippen molar-refractivity contribution in [2.24, 2.45) is 0 Å². The molecular weight excluding hydrogens is 376 g/mol. The Labute approximate surface area is 166 Å². The quantitative estimate of drug-likeness (QED) is 0.532. The fourth-order valence-corrected chi connectivity index (χ4v) is 3.94. The van der Waals surface area contributed by atoms with Crippen LogP contribution in [0.1, 0.15) is 36.7 Å². The highest BCUT2D eigenvalue weighted by Crippen LogP contribution is 2.50. The second-order valence-corrected chi connectivity index (χ2v) is 7.91. The number of methoxy groups -OCH3 is 1. The van der Waals surface area contributed by atoms with Crippen LogP contribution in [0.3, 0.4) is 0 Å². The Morgan fingerprint density at radius 3 is 2.82 bits per heavy atom. The second-order valence-electron chi connectivity index (χ2n) is 7.50. The molecule has 1 fully saturated rings. The molecule has 0 radical (unpaired) electrons. The van der Waals surface area contributed by atoms with Crippen molar-refractivity contribution in [2.45, 2.75) is 31.6 Å². The van der Waals surface area contributed by atoms with E-state index in [2.05, 4.69) is 32.5 Å². The van der Waals surface area contributed by atoms with Gasteiger partial charge in [0.05, 0.1) is 12.1 Å². The fraction of sp³-hybridized carbons (Fsp3) is 0.300. The van der Waals surface area contributed by atoms with Crippen molar-refractivity contribution in [3.63, 3.8) is 0 Å². The fourth-order valence-electron chi connectivity index (χ4n) is 3.70. The lowest BCUT2D eigenvalue weighted by molar-refractivity contribution is 0.415. The van der Waals surface area contributed by atoms with Crippen LogP contribution in [0, 0.1) is 0 Å². The maximum absolute atomic E-state index is 6.35. The topological polar surface area (TPSA) is 92.4 Å². The summed E-state index contributed by atoms with van der Waals surface area (Å²) in [5.41, 5.74) is 5.35. The Morgan fingerprint density at radius 2 is 2.11 bits per heavy atom. The number of rotatable bonds is 5. The summed E-state index contributed by atoms with van der Waals surface area (Å²) < 4.78 is 5.45. The van der Waals surface area contributed by atoms with Gasteiger partial charge in [0.15, 0.2) is 0 Å². The third-order valence-corrected chi connectivity index (χ3v) is 5.82. The molecule has 0 spiro atoms. The lowest BCUT2D eigenvalue weighted by atomic mass is 9.96. The molecule has 1 aromatic carbocycles. The van der Waals surface area contributed by atoms with Crippen molar-refractivity contribution >= 4 is 22.5 Å². The maximum Gasteiger partial charge on any atom is 0.222 e. The minimum atomic E-state index is 0.180. The summed E-state index contributed by atoms with van der Waals surface area (Å²) in [6, 6.07) is 9.84. The zero-order chi connectivity index (χ0) is 19.3. The SMILES string of the molecule is COc1cc2c(Cc3cccc(-c4nn[nH]n4)n3)c(C3(C)CC3)[nH]c2cc1Cl. The number of hydrogen-bond donors (Lipinski definition) is 2. The van der Waals surface area contributed by atoms with Gasteiger partial charge in [-0.3, -0.25) is 0 Å². The zero-order valence-corrected chi connectivity index (χ0v) is 16.3. The third kappa shape index (κ3) is 2.82. The first-order chi connectivity index (χ1) is 13.6. The number of nitrogens with one attached hydrogen (secondary N) is 2. The number of aromatic nitrogens is 6. The number of pyridine rings is 1. The van der Waals surface area contributed by atoms with Gasteiger partial charge in [0.25, 0.3) is 0 Å². The predicted molar refractivity (Wildman–Crippen MR) is 107 cm³/mol. The van der Waals surface area contributed by atoms with Gasteiger partial charge >= 0.3 is 0 Å². The number of aromatic amines is 2. The van der Waals surface area contributed by atoms with Gasteiger partial charge in [-0.05, 0) is 47.9 Å². The Hall–Kier alpha value is -2.93. The van der Waals surface area contributed by atoms with Gasteiger partial charge in [-0.1, -0.05) is 24.6 Å². The number of nitrogens with zero attached hydrogens (tertiary/aromatic N) is 4. The van der Waals surface area contributed by atoms with Crippen molar-refractivity contribution < 1.29 is 4.74 Å². The van der Waals surface area contributed by atoms with Gasteiger partial charge in [-0.2, -0.15) is 5.21 Å². The molecule has 0 amide bonds. The van der Waals surface area contributed by atoms with Crippen LogP contribution in [0.4, 0.5) is 0 Å². The van der Waals surface area contributed by atoms with E-state index in [1.54, 1.807) is 7.11 Å². The molecular formula is C20H19ClN6O.